The van der Waals surface area contributed by atoms with Crippen molar-refractivity contribution in [3.63, 3.8) is 0 Å². The number of hydrogen-bond donors (Lipinski definition) is 3. The highest BCUT2D eigenvalue weighted by atomic mass is 16.6. The second-order valence-corrected chi connectivity index (χ2v) is 6.51. The molecule has 0 saturated heterocycles. The zero-order valence-electron chi connectivity index (χ0n) is 15.6. The number of esters is 1. The van der Waals surface area contributed by atoms with Crippen LogP contribution in [0.3, 0.4) is 0 Å². The fraction of sp³-hybridized carbons (Fsp3) is 0.750. The predicted octanol–water partition coefficient (Wildman–Crippen LogP) is 0.333. The van der Waals surface area contributed by atoms with Crippen LogP contribution in [0.25, 0.3) is 0 Å². The minimum absolute atomic E-state index is 0.0836. The van der Waals surface area contributed by atoms with Gasteiger partial charge in [0, 0.05) is 32.5 Å². The van der Waals surface area contributed by atoms with Crippen LogP contribution in [-0.4, -0.2) is 56.2 Å². The van der Waals surface area contributed by atoms with Crippen molar-refractivity contribution in [2.45, 2.75) is 46.1 Å². The number of carbonyl (C=O) groups is 4. The molecule has 0 heterocycles. The number of nitrogens with one attached hydrogen (secondary N) is 3. The average Bonchev–Trinajstić information content (AvgIpc) is 2.49. The monoisotopic (exact) mass is 359 g/mol. The van der Waals surface area contributed by atoms with Crippen molar-refractivity contribution < 1.29 is 28.7 Å². The van der Waals surface area contributed by atoms with Crippen molar-refractivity contribution in [3.8, 4) is 0 Å². The van der Waals surface area contributed by atoms with Gasteiger partial charge in [0.25, 0.3) is 0 Å². The van der Waals surface area contributed by atoms with Crippen LogP contribution in [0, 0.1) is 5.92 Å². The van der Waals surface area contributed by atoms with Crippen molar-refractivity contribution in [1.82, 2.24) is 16.0 Å². The van der Waals surface area contributed by atoms with E-state index in [9.17, 15) is 19.2 Å². The summed E-state index contributed by atoms with van der Waals surface area (Å²) in [5.41, 5.74) is -0.592. The zero-order valence-corrected chi connectivity index (χ0v) is 15.6. The van der Waals surface area contributed by atoms with Gasteiger partial charge < -0.3 is 25.4 Å². The molecule has 0 aliphatic rings. The molecule has 25 heavy (non-hydrogen) atoms. The molecule has 1 atom stereocenters. The smallest absolute Gasteiger partial charge is 0.407 e. The molecule has 0 aromatic rings. The number of rotatable bonds is 9. The Labute approximate surface area is 148 Å². The van der Waals surface area contributed by atoms with Crippen molar-refractivity contribution in [2.75, 3.05) is 26.7 Å². The second-order valence-electron chi connectivity index (χ2n) is 6.51. The van der Waals surface area contributed by atoms with Crippen LogP contribution in [0.1, 0.15) is 40.5 Å². The van der Waals surface area contributed by atoms with Gasteiger partial charge in [0.1, 0.15) is 5.60 Å². The fourth-order valence-electron chi connectivity index (χ4n) is 1.64. The number of ether oxygens (including phenoxy) is 2. The summed E-state index contributed by atoms with van der Waals surface area (Å²) in [6, 6.07) is 0. The first-order valence-corrected chi connectivity index (χ1v) is 8.13. The maximum atomic E-state index is 11.6. The molecule has 0 aromatic heterocycles. The van der Waals surface area contributed by atoms with E-state index >= 15 is 0 Å². The summed E-state index contributed by atoms with van der Waals surface area (Å²) in [7, 11) is 1.29. The van der Waals surface area contributed by atoms with Gasteiger partial charge in [-0.1, -0.05) is 6.92 Å². The largest absolute Gasteiger partial charge is 0.469 e. The quantitative estimate of drug-likeness (QED) is 0.510. The van der Waals surface area contributed by atoms with Gasteiger partial charge in [0.2, 0.25) is 11.8 Å². The van der Waals surface area contributed by atoms with Gasteiger partial charge in [-0.05, 0) is 20.8 Å². The van der Waals surface area contributed by atoms with Gasteiger partial charge in [0.05, 0.1) is 13.0 Å². The number of methoxy groups -OCH3 is 1. The van der Waals surface area contributed by atoms with E-state index in [-0.39, 0.29) is 44.3 Å². The zero-order chi connectivity index (χ0) is 19.5. The summed E-state index contributed by atoms with van der Waals surface area (Å²) >= 11 is 0. The van der Waals surface area contributed by atoms with Crippen LogP contribution < -0.4 is 16.0 Å². The Morgan fingerprint density at radius 1 is 0.920 bits per heavy atom. The molecule has 0 fully saturated rings. The first-order valence-electron chi connectivity index (χ1n) is 8.13. The summed E-state index contributed by atoms with van der Waals surface area (Å²) in [6.45, 7) is 7.38. The fourth-order valence-corrected chi connectivity index (χ4v) is 1.64. The van der Waals surface area contributed by atoms with Crippen LogP contribution >= 0.6 is 0 Å². The van der Waals surface area contributed by atoms with E-state index in [1.807, 2.05) is 0 Å². The van der Waals surface area contributed by atoms with E-state index in [4.69, 9.17) is 4.74 Å². The Morgan fingerprint density at radius 3 is 1.96 bits per heavy atom. The minimum atomic E-state index is -0.592. The summed E-state index contributed by atoms with van der Waals surface area (Å²) in [4.78, 5) is 45.7. The Balaban J connectivity index is 3.77. The van der Waals surface area contributed by atoms with E-state index < -0.39 is 23.6 Å². The van der Waals surface area contributed by atoms with Gasteiger partial charge in [-0.3, -0.25) is 14.4 Å². The SMILES string of the molecule is COC(=O)C(C)CNC(=O)CCNC(=O)CCNC(=O)OC(C)(C)C. The van der Waals surface area contributed by atoms with Crippen molar-refractivity contribution in [3.05, 3.63) is 0 Å². The third kappa shape index (κ3) is 12.7. The highest BCUT2D eigenvalue weighted by Crippen LogP contribution is 2.06. The molecule has 0 aromatic carbocycles. The number of amides is 3. The molecule has 3 N–H and O–H groups in total. The van der Waals surface area contributed by atoms with Crippen molar-refractivity contribution in [2.24, 2.45) is 5.92 Å². The lowest BCUT2D eigenvalue weighted by atomic mass is 10.2. The molecular formula is C16H29N3O6. The van der Waals surface area contributed by atoms with Crippen LogP contribution in [0.5, 0.6) is 0 Å². The molecule has 3 amide bonds. The predicted molar refractivity (Wildman–Crippen MR) is 90.7 cm³/mol. The van der Waals surface area contributed by atoms with Crippen LogP contribution in [0.2, 0.25) is 0 Å². The van der Waals surface area contributed by atoms with Gasteiger partial charge in [-0.25, -0.2) is 4.79 Å². The van der Waals surface area contributed by atoms with Crippen LogP contribution in [0.15, 0.2) is 0 Å². The molecule has 144 valence electrons. The van der Waals surface area contributed by atoms with E-state index in [0.717, 1.165) is 0 Å². The molecule has 0 rings (SSSR count). The van der Waals surface area contributed by atoms with Crippen molar-refractivity contribution in [1.29, 1.82) is 0 Å². The second kappa shape index (κ2) is 11.3. The summed E-state index contributed by atoms with van der Waals surface area (Å²) in [6.07, 6.45) is -0.404. The van der Waals surface area contributed by atoms with Gasteiger partial charge in [-0.2, -0.15) is 0 Å². The van der Waals surface area contributed by atoms with Gasteiger partial charge in [0.15, 0.2) is 0 Å². The molecule has 9 nitrogen and oxygen atoms in total. The highest BCUT2D eigenvalue weighted by molar-refractivity contribution is 5.80. The van der Waals surface area contributed by atoms with E-state index in [0.29, 0.717) is 0 Å². The number of alkyl carbamates (subject to hydrolysis) is 1. The Bertz CT molecular complexity index is 473. The maximum absolute atomic E-state index is 11.6. The molecule has 9 heteroatoms. The highest BCUT2D eigenvalue weighted by Gasteiger charge is 2.16. The van der Waals surface area contributed by atoms with E-state index in [1.165, 1.54) is 7.11 Å². The standard InChI is InChI=1S/C16H29N3O6/c1-11(14(22)24-5)10-19-13(21)6-8-17-12(20)7-9-18-15(23)25-16(2,3)4/h11H,6-10H2,1-5H3,(H,17,20)(H,18,23)(H,19,21). The van der Waals surface area contributed by atoms with E-state index in [1.54, 1.807) is 27.7 Å². The lowest BCUT2D eigenvalue weighted by Crippen LogP contribution is -2.36. The molecule has 0 bridgehead atoms. The minimum Gasteiger partial charge on any atom is -0.469 e. The van der Waals surface area contributed by atoms with Crippen molar-refractivity contribution >= 4 is 23.9 Å². The van der Waals surface area contributed by atoms with E-state index in [2.05, 4.69) is 20.7 Å². The summed E-state index contributed by atoms with van der Waals surface area (Å²) < 4.78 is 9.59. The molecule has 0 spiro atoms. The Morgan fingerprint density at radius 2 is 1.44 bits per heavy atom. The van der Waals surface area contributed by atoms with Crippen LogP contribution in [-0.2, 0) is 23.9 Å². The molecule has 0 aliphatic heterocycles. The topological polar surface area (TPSA) is 123 Å². The number of hydrogen-bond acceptors (Lipinski definition) is 6. The first kappa shape index (κ1) is 22.7. The molecule has 0 radical (unpaired) electrons. The molecule has 0 aliphatic carbocycles. The Kier molecular flexibility index (Phi) is 10.2. The molecule has 1 unspecified atom stereocenters. The lowest BCUT2D eigenvalue weighted by Gasteiger charge is -2.19. The lowest BCUT2D eigenvalue weighted by molar-refractivity contribution is -0.144. The van der Waals surface area contributed by atoms with Gasteiger partial charge >= 0.3 is 12.1 Å². The molecular weight excluding hydrogens is 330 g/mol. The third-order valence-electron chi connectivity index (χ3n) is 2.90. The van der Waals surface area contributed by atoms with Crippen LogP contribution in [0.4, 0.5) is 4.79 Å². The van der Waals surface area contributed by atoms with Gasteiger partial charge in [-0.15, -0.1) is 0 Å². The maximum Gasteiger partial charge on any atom is 0.407 e. The first-order chi connectivity index (χ1) is 11.5. The summed E-state index contributed by atoms with van der Waals surface area (Å²) in [5, 5.41) is 7.63. The number of carbonyl (C=O) groups excluding carboxylic acids is 4. The Hall–Kier alpha value is -2.32. The normalized spacial score (nSPS) is 11.9. The average molecular weight is 359 g/mol. The third-order valence-corrected chi connectivity index (χ3v) is 2.90. The summed E-state index contributed by atoms with van der Waals surface area (Å²) in [5.74, 6) is -1.39. The molecule has 0 saturated carbocycles.